The molecule has 1 N–H and O–H groups in total. The second kappa shape index (κ2) is 7.30. The lowest BCUT2D eigenvalue weighted by molar-refractivity contribution is -0.134. The van der Waals surface area contributed by atoms with Crippen molar-refractivity contribution in [2.75, 3.05) is 13.1 Å². The molecule has 6 heteroatoms. The van der Waals surface area contributed by atoms with E-state index < -0.39 is 11.7 Å². The van der Waals surface area contributed by atoms with Crippen LogP contribution in [0.4, 0.5) is 4.79 Å². The largest absolute Gasteiger partial charge is 0.444 e. The molecule has 0 unspecified atom stereocenters. The van der Waals surface area contributed by atoms with E-state index in [0.29, 0.717) is 19.0 Å². The molecule has 0 aromatic rings. The molecule has 0 aromatic carbocycles. The number of hydrogen-bond acceptors (Lipinski definition) is 4. The van der Waals surface area contributed by atoms with Gasteiger partial charge in [-0.2, -0.15) is 5.26 Å². The molecule has 0 radical (unpaired) electrons. The second-order valence-corrected chi connectivity index (χ2v) is 6.59. The van der Waals surface area contributed by atoms with Gasteiger partial charge < -0.3 is 15.0 Å². The first-order valence-corrected chi connectivity index (χ1v) is 7.36. The number of nitriles is 1. The van der Waals surface area contributed by atoms with Crippen LogP contribution in [0, 0.1) is 17.2 Å². The Hall–Kier alpha value is -1.77. The summed E-state index contributed by atoms with van der Waals surface area (Å²) in [6.07, 6.45) is 1.16. The SMILES string of the molecule is C[C@@H]1CCN(C(=O)CC#N)[C@H](CNC(=O)OC(C)(C)C)C1. The number of nitrogens with zero attached hydrogens (tertiary/aromatic N) is 2. The van der Waals surface area contributed by atoms with E-state index >= 15 is 0 Å². The molecule has 0 aliphatic carbocycles. The Bertz CT molecular complexity index is 423. The van der Waals surface area contributed by atoms with E-state index in [2.05, 4.69) is 12.2 Å². The zero-order valence-electron chi connectivity index (χ0n) is 13.3. The molecule has 1 aliphatic heterocycles. The van der Waals surface area contributed by atoms with Gasteiger partial charge in [-0.3, -0.25) is 4.79 Å². The van der Waals surface area contributed by atoms with Crippen LogP contribution in [0.5, 0.6) is 0 Å². The van der Waals surface area contributed by atoms with E-state index in [1.807, 2.05) is 6.07 Å². The smallest absolute Gasteiger partial charge is 0.407 e. The van der Waals surface area contributed by atoms with Crippen molar-refractivity contribution in [1.29, 1.82) is 5.26 Å². The van der Waals surface area contributed by atoms with E-state index in [1.54, 1.807) is 25.7 Å². The summed E-state index contributed by atoms with van der Waals surface area (Å²) >= 11 is 0. The molecule has 0 saturated carbocycles. The van der Waals surface area contributed by atoms with E-state index in [-0.39, 0.29) is 18.4 Å². The maximum Gasteiger partial charge on any atom is 0.407 e. The molecule has 0 aromatic heterocycles. The van der Waals surface area contributed by atoms with Crippen molar-refractivity contribution in [3.8, 4) is 6.07 Å². The first-order valence-electron chi connectivity index (χ1n) is 7.36. The molecule has 1 aliphatic rings. The van der Waals surface area contributed by atoms with Gasteiger partial charge in [-0.1, -0.05) is 6.92 Å². The van der Waals surface area contributed by atoms with Crippen molar-refractivity contribution in [1.82, 2.24) is 10.2 Å². The Kier molecular flexibility index (Phi) is 6.01. The number of nitrogens with one attached hydrogen (secondary N) is 1. The zero-order valence-corrected chi connectivity index (χ0v) is 13.3. The topological polar surface area (TPSA) is 82.4 Å². The van der Waals surface area contributed by atoms with Crippen LogP contribution in [-0.4, -0.2) is 41.6 Å². The maximum absolute atomic E-state index is 11.9. The van der Waals surface area contributed by atoms with Crippen LogP contribution in [-0.2, 0) is 9.53 Å². The number of piperidine rings is 1. The van der Waals surface area contributed by atoms with Crippen LogP contribution in [0.3, 0.4) is 0 Å². The molecule has 2 amide bonds. The Morgan fingerprint density at radius 1 is 1.43 bits per heavy atom. The number of alkyl carbamates (subject to hydrolysis) is 1. The Morgan fingerprint density at radius 2 is 2.10 bits per heavy atom. The molecule has 1 heterocycles. The highest BCUT2D eigenvalue weighted by Crippen LogP contribution is 2.22. The predicted molar refractivity (Wildman–Crippen MR) is 78.4 cm³/mol. The monoisotopic (exact) mass is 295 g/mol. The fraction of sp³-hybridized carbons (Fsp3) is 0.800. The van der Waals surface area contributed by atoms with E-state index in [0.717, 1.165) is 12.8 Å². The van der Waals surface area contributed by atoms with E-state index in [4.69, 9.17) is 10.00 Å². The highest BCUT2D eigenvalue weighted by molar-refractivity contribution is 5.78. The van der Waals surface area contributed by atoms with Crippen LogP contribution in [0.1, 0.15) is 47.0 Å². The fourth-order valence-electron chi connectivity index (χ4n) is 2.46. The van der Waals surface area contributed by atoms with Crippen molar-refractivity contribution in [2.45, 2.75) is 58.6 Å². The molecule has 1 rings (SSSR count). The van der Waals surface area contributed by atoms with Gasteiger partial charge in [0.15, 0.2) is 0 Å². The fourth-order valence-corrected chi connectivity index (χ4v) is 2.46. The lowest BCUT2D eigenvalue weighted by atomic mass is 9.92. The van der Waals surface area contributed by atoms with Crippen molar-refractivity contribution in [3.63, 3.8) is 0 Å². The maximum atomic E-state index is 11.9. The van der Waals surface area contributed by atoms with Gasteiger partial charge in [0.1, 0.15) is 12.0 Å². The summed E-state index contributed by atoms with van der Waals surface area (Å²) in [5.74, 6) is 0.335. The molecule has 21 heavy (non-hydrogen) atoms. The van der Waals surface area contributed by atoms with Crippen LogP contribution in [0.2, 0.25) is 0 Å². The highest BCUT2D eigenvalue weighted by Gasteiger charge is 2.30. The standard InChI is InChI=1S/C15H25N3O3/c1-11-6-8-18(13(19)5-7-16)12(9-11)10-17-14(20)21-15(2,3)4/h11-12H,5-6,8-10H2,1-4H3,(H,17,20)/t11-,12+/m1/s1. The van der Waals surface area contributed by atoms with Gasteiger partial charge in [0.25, 0.3) is 0 Å². The lowest BCUT2D eigenvalue weighted by Crippen LogP contribution is -2.51. The van der Waals surface area contributed by atoms with Gasteiger partial charge >= 0.3 is 6.09 Å². The summed E-state index contributed by atoms with van der Waals surface area (Å²) in [7, 11) is 0. The minimum atomic E-state index is -0.541. The minimum Gasteiger partial charge on any atom is -0.444 e. The average Bonchev–Trinajstić information content (AvgIpc) is 2.34. The van der Waals surface area contributed by atoms with Crippen molar-refractivity contribution >= 4 is 12.0 Å². The summed E-state index contributed by atoms with van der Waals surface area (Å²) in [6, 6.07) is 1.82. The molecule has 0 bridgehead atoms. The number of carbonyl (C=O) groups excluding carboxylic acids is 2. The minimum absolute atomic E-state index is 0.0675. The quantitative estimate of drug-likeness (QED) is 0.864. The van der Waals surface area contributed by atoms with Crippen molar-refractivity contribution in [2.24, 2.45) is 5.92 Å². The first kappa shape index (κ1) is 17.3. The highest BCUT2D eigenvalue weighted by atomic mass is 16.6. The number of ether oxygens (including phenoxy) is 1. The summed E-state index contributed by atoms with van der Waals surface area (Å²) in [4.78, 5) is 25.4. The number of rotatable bonds is 3. The molecule has 0 spiro atoms. The Labute approximate surface area is 126 Å². The molecule has 6 nitrogen and oxygen atoms in total. The summed E-state index contributed by atoms with van der Waals surface area (Å²) in [5.41, 5.74) is -0.541. The van der Waals surface area contributed by atoms with Crippen molar-refractivity contribution < 1.29 is 14.3 Å². The Morgan fingerprint density at radius 3 is 2.67 bits per heavy atom. The van der Waals surface area contributed by atoms with Crippen molar-refractivity contribution in [3.05, 3.63) is 0 Å². The Balaban J connectivity index is 2.57. The predicted octanol–water partition coefficient (Wildman–Crippen LogP) is 2.05. The summed E-state index contributed by atoms with van der Waals surface area (Å²) in [6.45, 7) is 8.54. The van der Waals surface area contributed by atoms with Gasteiger partial charge in [0, 0.05) is 19.1 Å². The number of likely N-dealkylation sites (tertiary alicyclic amines) is 1. The van der Waals surface area contributed by atoms with Gasteiger partial charge in [0.05, 0.1) is 6.07 Å². The number of hydrogen-bond donors (Lipinski definition) is 1. The molecule has 118 valence electrons. The molecular formula is C15H25N3O3. The third-order valence-electron chi connectivity index (χ3n) is 3.41. The second-order valence-electron chi connectivity index (χ2n) is 6.59. The molecule has 1 saturated heterocycles. The van der Waals surface area contributed by atoms with E-state index in [1.165, 1.54) is 0 Å². The van der Waals surface area contributed by atoms with Gasteiger partial charge in [-0.25, -0.2) is 4.79 Å². The summed E-state index contributed by atoms with van der Waals surface area (Å²) < 4.78 is 5.19. The average molecular weight is 295 g/mol. The van der Waals surface area contributed by atoms with Crippen LogP contribution < -0.4 is 5.32 Å². The third-order valence-corrected chi connectivity index (χ3v) is 3.41. The molecule has 1 fully saturated rings. The zero-order chi connectivity index (χ0) is 16.0. The van der Waals surface area contributed by atoms with Crippen LogP contribution >= 0.6 is 0 Å². The lowest BCUT2D eigenvalue weighted by Gasteiger charge is -2.38. The van der Waals surface area contributed by atoms with E-state index in [9.17, 15) is 9.59 Å². The first-order chi connectivity index (χ1) is 9.73. The normalized spacial score (nSPS) is 22.3. The third kappa shape index (κ3) is 6.03. The summed E-state index contributed by atoms with van der Waals surface area (Å²) in [5, 5.41) is 11.4. The molecular weight excluding hydrogens is 270 g/mol. The number of carbonyl (C=O) groups is 2. The molecule has 2 atom stereocenters. The van der Waals surface area contributed by atoms with Gasteiger partial charge in [-0.05, 0) is 39.5 Å². The van der Waals surface area contributed by atoms with Crippen LogP contribution in [0.25, 0.3) is 0 Å². The van der Waals surface area contributed by atoms with Gasteiger partial charge in [-0.15, -0.1) is 0 Å². The van der Waals surface area contributed by atoms with Crippen LogP contribution in [0.15, 0.2) is 0 Å². The van der Waals surface area contributed by atoms with Gasteiger partial charge in [0.2, 0.25) is 5.91 Å². The number of amides is 2.